The summed E-state index contributed by atoms with van der Waals surface area (Å²) in [7, 11) is 0. The van der Waals surface area contributed by atoms with Crippen LogP contribution in [0.1, 0.15) is 42.9 Å². The summed E-state index contributed by atoms with van der Waals surface area (Å²) in [6.45, 7) is 2.18. The van der Waals surface area contributed by atoms with Gasteiger partial charge in [0.15, 0.2) is 0 Å². The zero-order valence-corrected chi connectivity index (χ0v) is 16.0. The van der Waals surface area contributed by atoms with Gasteiger partial charge in [-0.05, 0) is 55.8 Å². The first-order chi connectivity index (χ1) is 12.3. The first kappa shape index (κ1) is 20.5. The number of rotatable bonds is 7. The molecule has 0 spiro atoms. The number of amides is 1. The van der Waals surface area contributed by atoms with Crippen LogP contribution in [-0.4, -0.2) is 19.0 Å². The molecule has 1 saturated heterocycles. The lowest BCUT2D eigenvalue weighted by Crippen LogP contribution is -2.32. The van der Waals surface area contributed by atoms with Gasteiger partial charge >= 0.3 is 0 Å². The fourth-order valence-corrected chi connectivity index (χ4v) is 3.56. The number of hydrogen-bond acceptors (Lipinski definition) is 2. The Balaban J connectivity index is 0.00000243. The second-order valence-corrected chi connectivity index (χ2v) is 6.95. The molecule has 2 aromatic rings. The summed E-state index contributed by atoms with van der Waals surface area (Å²) < 4.78 is 0. The van der Waals surface area contributed by atoms with Crippen LogP contribution in [0.3, 0.4) is 0 Å². The first-order valence-corrected chi connectivity index (χ1v) is 9.40. The van der Waals surface area contributed by atoms with Crippen molar-refractivity contribution in [3.05, 3.63) is 71.8 Å². The van der Waals surface area contributed by atoms with E-state index in [1.165, 1.54) is 24.0 Å². The predicted molar refractivity (Wildman–Crippen MR) is 110 cm³/mol. The van der Waals surface area contributed by atoms with Crippen molar-refractivity contribution >= 4 is 18.3 Å². The molecule has 0 saturated carbocycles. The van der Waals surface area contributed by atoms with Gasteiger partial charge in [-0.3, -0.25) is 4.79 Å². The van der Waals surface area contributed by atoms with Gasteiger partial charge in [-0.15, -0.1) is 12.4 Å². The Kier molecular flexibility index (Phi) is 8.66. The summed E-state index contributed by atoms with van der Waals surface area (Å²) in [5, 5.41) is 6.65. The molecule has 1 aliphatic heterocycles. The third-order valence-corrected chi connectivity index (χ3v) is 5.06. The summed E-state index contributed by atoms with van der Waals surface area (Å²) >= 11 is 0. The minimum Gasteiger partial charge on any atom is -0.349 e. The van der Waals surface area contributed by atoms with E-state index in [0.29, 0.717) is 12.3 Å². The number of piperidine rings is 1. The molecule has 140 valence electrons. The molecule has 3 rings (SSSR count). The van der Waals surface area contributed by atoms with Crippen LogP contribution in [-0.2, 0) is 11.2 Å². The van der Waals surface area contributed by atoms with Crippen LogP contribution in [0.5, 0.6) is 0 Å². The summed E-state index contributed by atoms with van der Waals surface area (Å²) in [5.74, 6) is 0.861. The molecule has 1 atom stereocenters. The Labute approximate surface area is 163 Å². The molecule has 26 heavy (non-hydrogen) atoms. The predicted octanol–water partition coefficient (Wildman–Crippen LogP) is 4.29. The highest BCUT2D eigenvalue weighted by Crippen LogP contribution is 2.21. The van der Waals surface area contributed by atoms with Crippen molar-refractivity contribution in [2.75, 3.05) is 13.1 Å². The molecule has 1 fully saturated rings. The van der Waals surface area contributed by atoms with Gasteiger partial charge in [-0.25, -0.2) is 0 Å². The number of hydrogen-bond donors (Lipinski definition) is 2. The number of halogens is 1. The van der Waals surface area contributed by atoms with E-state index in [-0.39, 0.29) is 24.4 Å². The van der Waals surface area contributed by atoms with Gasteiger partial charge in [0.2, 0.25) is 5.91 Å². The molecule has 1 aliphatic rings. The van der Waals surface area contributed by atoms with Crippen LogP contribution < -0.4 is 10.6 Å². The van der Waals surface area contributed by atoms with E-state index in [1.54, 1.807) is 0 Å². The van der Waals surface area contributed by atoms with Crippen LogP contribution in [0.25, 0.3) is 0 Å². The quantitative estimate of drug-likeness (QED) is 0.761. The second-order valence-electron chi connectivity index (χ2n) is 6.95. The van der Waals surface area contributed by atoms with Crippen LogP contribution in [0.4, 0.5) is 0 Å². The Morgan fingerprint density at radius 2 is 1.62 bits per heavy atom. The van der Waals surface area contributed by atoms with Crippen molar-refractivity contribution in [3.8, 4) is 0 Å². The Bertz CT molecular complexity index is 642. The average Bonchev–Trinajstić information content (AvgIpc) is 2.68. The molecule has 4 heteroatoms. The molecule has 1 amide bonds. The van der Waals surface area contributed by atoms with Crippen molar-refractivity contribution in [1.29, 1.82) is 0 Å². The molecular formula is C22H29ClN2O. The van der Waals surface area contributed by atoms with E-state index in [0.717, 1.165) is 25.9 Å². The van der Waals surface area contributed by atoms with Crippen LogP contribution in [0.15, 0.2) is 60.7 Å². The fraction of sp³-hybridized carbons (Fsp3) is 0.409. The number of nitrogens with one attached hydrogen (secondary N) is 2. The van der Waals surface area contributed by atoms with E-state index in [2.05, 4.69) is 47.0 Å². The van der Waals surface area contributed by atoms with Crippen molar-refractivity contribution in [3.63, 3.8) is 0 Å². The van der Waals surface area contributed by atoms with Crippen LogP contribution in [0, 0.1) is 5.92 Å². The highest BCUT2D eigenvalue weighted by Gasteiger charge is 2.18. The number of carbonyl (C=O) groups is 1. The van der Waals surface area contributed by atoms with Gasteiger partial charge in [-0.1, -0.05) is 60.7 Å². The zero-order valence-electron chi connectivity index (χ0n) is 15.2. The van der Waals surface area contributed by atoms with Gasteiger partial charge in [0.25, 0.3) is 0 Å². The van der Waals surface area contributed by atoms with Gasteiger partial charge in [0.05, 0.1) is 6.04 Å². The normalized spacial score (nSPS) is 15.7. The molecule has 0 aliphatic carbocycles. The maximum atomic E-state index is 12.5. The van der Waals surface area contributed by atoms with E-state index >= 15 is 0 Å². The third-order valence-electron chi connectivity index (χ3n) is 5.06. The number of carbonyl (C=O) groups excluding carboxylic acids is 1. The third kappa shape index (κ3) is 6.47. The van der Waals surface area contributed by atoms with Crippen molar-refractivity contribution in [2.45, 2.75) is 38.1 Å². The van der Waals surface area contributed by atoms with Crippen molar-refractivity contribution in [1.82, 2.24) is 10.6 Å². The van der Waals surface area contributed by atoms with E-state index in [4.69, 9.17) is 0 Å². The molecule has 1 heterocycles. The lowest BCUT2D eigenvalue weighted by molar-refractivity contribution is -0.122. The molecule has 2 aromatic carbocycles. The summed E-state index contributed by atoms with van der Waals surface area (Å²) in [4.78, 5) is 12.5. The zero-order chi connectivity index (χ0) is 17.3. The monoisotopic (exact) mass is 372 g/mol. The molecule has 2 N–H and O–H groups in total. The summed E-state index contributed by atoms with van der Waals surface area (Å²) in [6, 6.07) is 20.7. The highest BCUT2D eigenvalue weighted by molar-refractivity contribution is 5.85. The summed E-state index contributed by atoms with van der Waals surface area (Å²) in [6.07, 6.45) is 4.84. The standard InChI is InChI=1S/C22H28N2O.ClH/c25-22(12-11-18-13-15-23-16-14-18)24-21(20-9-5-2-6-10-20)17-19-7-3-1-4-8-19;/h1-10,18,21,23H,11-17H2,(H,24,25);1H. The fourth-order valence-electron chi connectivity index (χ4n) is 3.56. The first-order valence-electron chi connectivity index (χ1n) is 9.40. The van der Waals surface area contributed by atoms with Gasteiger partial charge in [0.1, 0.15) is 0 Å². The maximum absolute atomic E-state index is 12.5. The van der Waals surface area contributed by atoms with Crippen LogP contribution >= 0.6 is 12.4 Å². The smallest absolute Gasteiger partial charge is 0.220 e. The lowest BCUT2D eigenvalue weighted by atomic mass is 9.93. The second kappa shape index (κ2) is 11.0. The maximum Gasteiger partial charge on any atom is 0.220 e. The lowest BCUT2D eigenvalue weighted by Gasteiger charge is -2.23. The highest BCUT2D eigenvalue weighted by atomic mass is 35.5. The minimum atomic E-state index is 0. The Morgan fingerprint density at radius 1 is 1.00 bits per heavy atom. The topological polar surface area (TPSA) is 41.1 Å². The largest absolute Gasteiger partial charge is 0.349 e. The van der Waals surface area contributed by atoms with Gasteiger partial charge in [0, 0.05) is 6.42 Å². The van der Waals surface area contributed by atoms with E-state index in [9.17, 15) is 4.79 Å². The SMILES string of the molecule is Cl.O=C(CCC1CCNCC1)NC(Cc1ccccc1)c1ccccc1. The molecular weight excluding hydrogens is 344 g/mol. The Morgan fingerprint density at radius 3 is 2.27 bits per heavy atom. The molecule has 0 aromatic heterocycles. The van der Waals surface area contributed by atoms with E-state index in [1.807, 2.05) is 24.3 Å². The van der Waals surface area contributed by atoms with Gasteiger partial charge in [-0.2, -0.15) is 0 Å². The van der Waals surface area contributed by atoms with Crippen LogP contribution in [0.2, 0.25) is 0 Å². The molecule has 1 unspecified atom stereocenters. The Hall–Kier alpha value is -1.84. The molecule has 0 radical (unpaired) electrons. The average molecular weight is 373 g/mol. The minimum absolute atomic E-state index is 0. The molecule has 3 nitrogen and oxygen atoms in total. The van der Waals surface area contributed by atoms with Gasteiger partial charge < -0.3 is 10.6 Å². The van der Waals surface area contributed by atoms with Crippen molar-refractivity contribution in [2.24, 2.45) is 5.92 Å². The molecule has 0 bridgehead atoms. The number of benzene rings is 2. The van der Waals surface area contributed by atoms with Crippen molar-refractivity contribution < 1.29 is 4.79 Å². The van der Waals surface area contributed by atoms with E-state index < -0.39 is 0 Å². The summed E-state index contributed by atoms with van der Waals surface area (Å²) in [5.41, 5.74) is 2.41.